The lowest BCUT2D eigenvalue weighted by Crippen LogP contribution is -2.45. The molecule has 110 valence electrons. The molecule has 20 heavy (non-hydrogen) atoms. The number of likely N-dealkylation sites (tertiary alicyclic amines) is 1. The number of carbonyl (C=O) groups is 1. The van der Waals surface area contributed by atoms with Crippen LogP contribution in [0.3, 0.4) is 0 Å². The molecule has 0 aromatic heterocycles. The van der Waals surface area contributed by atoms with Gasteiger partial charge in [0, 0.05) is 24.7 Å². The first kappa shape index (κ1) is 14.9. The molecule has 0 radical (unpaired) electrons. The predicted octanol–water partition coefficient (Wildman–Crippen LogP) is 2.11. The fourth-order valence-electron chi connectivity index (χ4n) is 2.58. The molecule has 1 saturated heterocycles. The number of halogens is 2. The number of nitrogens with zero attached hydrogens (tertiary/aromatic N) is 1. The van der Waals surface area contributed by atoms with Gasteiger partial charge in [-0.1, -0.05) is 19.1 Å². The first-order valence-corrected chi connectivity index (χ1v) is 7.06. The summed E-state index contributed by atoms with van der Waals surface area (Å²) in [5.41, 5.74) is 0.129. The number of piperidine rings is 1. The minimum atomic E-state index is -0.914. The standard InChI is InChI=1S/C15H20F2N2O/c1-2-18-12-6-8-19(9-7-12)14(20)10-11-4-3-5-13(16)15(11)17/h3-5,12,18H,2,6-10H2,1H3. The predicted molar refractivity (Wildman–Crippen MR) is 73.3 cm³/mol. The number of benzene rings is 1. The maximum atomic E-state index is 13.5. The molecule has 1 aromatic carbocycles. The normalized spacial score (nSPS) is 16.4. The summed E-state index contributed by atoms with van der Waals surface area (Å²) in [7, 11) is 0. The van der Waals surface area contributed by atoms with Crippen LogP contribution >= 0.6 is 0 Å². The highest BCUT2D eigenvalue weighted by Gasteiger charge is 2.23. The monoisotopic (exact) mass is 282 g/mol. The van der Waals surface area contributed by atoms with E-state index in [-0.39, 0.29) is 17.9 Å². The van der Waals surface area contributed by atoms with E-state index in [0.29, 0.717) is 19.1 Å². The van der Waals surface area contributed by atoms with Crippen LogP contribution in [-0.4, -0.2) is 36.5 Å². The summed E-state index contributed by atoms with van der Waals surface area (Å²) < 4.78 is 26.6. The van der Waals surface area contributed by atoms with Gasteiger partial charge in [0.15, 0.2) is 11.6 Å². The molecule has 1 aliphatic rings. The van der Waals surface area contributed by atoms with Crippen LogP contribution in [0.2, 0.25) is 0 Å². The van der Waals surface area contributed by atoms with E-state index in [9.17, 15) is 13.6 Å². The maximum absolute atomic E-state index is 13.5. The van der Waals surface area contributed by atoms with Gasteiger partial charge in [-0.2, -0.15) is 0 Å². The molecular formula is C15H20F2N2O. The maximum Gasteiger partial charge on any atom is 0.227 e. The summed E-state index contributed by atoms with van der Waals surface area (Å²) in [6.07, 6.45) is 1.74. The fourth-order valence-corrected chi connectivity index (χ4v) is 2.58. The molecular weight excluding hydrogens is 262 g/mol. The minimum Gasteiger partial charge on any atom is -0.342 e. The SMILES string of the molecule is CCNC1CCN(C(=O)Cc2cccc(F)c2F)CC1. The summed E-state index contributed by atoms with van der Waals surface area (Å²) in [6.45, 7) is 4.33. The first-order chi connectivity index (χ1) is 9.61. The van der Waals surface area contributed by atoms with Gasteiger partial charge in [-0.05, 0) is 25.5 Å². The minimum absolute atomic E-state index is 0.0739. The van der Waals surface area contributed by atoms with Crippen molar-refractivity contribution in [3.8, 4) is 0 Å². The van der Waals surface area contributed by atoms with E-state index in [0.717, 1.165) is 25.5 Å². The molecule has 3 nitrogen and oxygen atoms in total. The molecule has 1 fully saturated rings. The second-order valence-corrected chi connectivity index (χ2v) is 5.10. The summed E-state index contributed by atoms with van der Waals surface area (Å²) in [5, 5.41) is 3.36. The Bertz CT molecular complexity index is 471. The zero-order valence-corrected chi connectivity index (χ0v) is 11.7. The van der Waals surface area contributed by atoms with Crippen LogP contribution in [0.5, 0.6) is 0 Å². The van der Waals surface area contributed by atoms with E-state index in [1.807, 2.05) is 0 Å². The van der Waals surface area contributed by atoms with E-state index in [1.54, 1.807) is 4.90 Å². The van der Waals surface area contributed by atoms with Crippen molar-refractivity contribution >= 4 is 5.91 Å². The van der Waals surface area contributed by atoms with Gasteiger partial charge in [0.2, 0.25) is 5.91 Å². The Morgan fingerprint density at radius 2 is 2.05 bits per heavy atom. The highest BCUT2D eigenvalue weighted by atomic mass is 19.2. The van der Waals surface area contributed by atoms with Gasteiger partial charge >= 0.3 is 0 Å². The lowest BCUT2D eigenvalue weighted by Gasteiger charge is -2.32. The smallest absolute Gasteiger partial charge is 0.227 e. The third-order valence-electron chi connectivity index (χ3n) is 3.71. The van der Waals surface area contributed by atoms with Crippen molar-refractivity contribution < 1.29 is 13.6 Å². The molecule has 0 atom stereocenters. The highest BCUT2D eigenvalue weighted by Crippen LogP contribution is 2.15. The zero-order chi connectivity index (χ0) is 14.5. The molecule has 0 spiro atoms. The van der Waals surface area contributed by atoms with Crippen LogP contribution in [0.1, 0.15) is 25.3 Å². The van der Waals surface area contributed by atoms with E-state index < -0.39 is 11.6 Å². The van der Waals surface area contributed by atoms with Gasteiger partial charge < -0.3 is 10.2 Å². The number of nitrogens with one attached hydrogen (secondary N) is 1. The number of hydrogen-bond acceptors (Lipinski definition) is 2. The molecule has 1 aromatic rings. The largest absolute Gasteiger partial charge is 0.342 e. The number of amides is 1. The molecule has 1 N–H and O–H groups in total. The van der Waals surface area contributed by atoms with E-state index in [2.05, 4.69) is 12.2 Å². The number of carbonyl (C=O) groups excluding carboxylic acids is 1. The van der Waals surface area contributed by atoms with Crippen molar-refractivity contribution in [3.05, 3.63) is 35.4 Å². The average molecular weight is 282 g/mol. The van der Waals surface area contributed by atoms with Crippen LogP contribution < -0.4 is 5.32 Å². The Kier molecular flexibility index (Phi) is 5.06. The average Bonchev–Trinajstić information content (AvgIpc) is 2.45. The number of hydrogen-bond donors (Lipinski definition) is 1. The molecule has 1 amide bonds. The van der Waals surface area contributed by atoms with Crippen LogP contribution in [0, 0.1) is 11.6 Å². The Labute approximate surface area is 118 Å². The molecule has 0 aliphatic carbocycles. The molecule has 2 rings (SSSR count). The van der Waals surface area contributed by atoms with Gasteiger partial charge in [-0.15, -0.1) is 0 Å². The van der Waals surface area contributed by atoms with Crippen LogP contribution in [-0.2, 0) is 11.2 Å². The molecule has 5 heteroatoms. The second-order valence-electron chi connectivity index (χ2n) is 5.10. The van der Waals surface area contributed by atoms with Gasteiger partial charge in [0.1, 0.15) is 0 Å². The fraction of sp³-hybridized carbons (Fsp3) is 0.533. The third kappa shape index (κ3) is 3.54. The third-order valence-corrected chi connectivity index (χ3v) is 3.71. The highest BCUT2D eigenvalue weighted by molar-refractivity contribution is 5.78. The second kappa shape index (κ2) is 6.79. The Hall–Kier alpha value is -1.49. The molecule has 0 bridgehead atoms. The van der Waals surface area contributed by atoms with Crippen LogP contribution in [0.25, 0.3) is 0 Å². The Morgan fingerprint density at radius 1 is 1.35 bits per heavy atom. The topological polar surface area (TPSA) is 32.3 Å². The summed E-state index contributed by atoms with van der Waals surface area (Å²) in [5.74, 6) is -1.95. The van der Waals surface area contributed by atoms with Crippen molar-refractivity contribution in [2.24, 2.45) is 0 Å². The van der Waals surface area contributed by atoms with Crippen molar-refractivity contribution in [1.29, 1.82) is 0 Å². The van der Waals surface area contributed by atoms with E-state index in [1.165, 1.54) is 12.1 Å². The molecule has 0 unspecified atom stereocenters. The lowest BCUT2D eigenvalue weighted by molar-refractivity contribution is -0.131. The van der Waals surface area contributed by atoms with Crippen molar-refractivity contribution in [2.75, 3.05) is 19.6 Å². The number of rotatable bonds is 4. The van der Waals surface area contributed by atoms with Gasteiger partial charge in [0.25, 0.3) is 0 Å². The Balaban J connectivity index is 1.91. The van der Waals surface area contributed by atoms with Crippen LogP contribution in [0.4, 0.5) is 8.78 Å². The van der Waals surface area contributed by atoms with Gasteiger partial charge in [-0.3, -0.25) is 4.79 Å². The van der Waals surface area contributed by atoms with Gasteiger partial charge in [0.05, 0.1) is 6.42 Å². The zero-order valence-electron chi connectivity index (χ0n) is 11.7. The summed E-state index contributed by atoms with van der Waals surface area (Å²) >= 11 is 0. The van der Waals surface area contributed by atoms with Crippen molar-refractivity contribution in [1.82, 2.24) is 10.2 Å². The molecule has 1 heterocycles. The van der Waals surface area contributed by atoms with Gasteiger partial charge in [-0.25, -0.2) is 8.78 Å². The Morgan fingerprint density at radius 3 is 2.70 bits per heavy atom. The molecule has 0 saturated carbocycles. The quantitative estimate of drug-likeness (QED) is 0.917. The van der Waals surface area contributed by atoms with Crippen LogP contribution in [0.15, 0.2) is 18.2 Å². The lowest BCUT2D eigenvalue weighted by atomic mass is 10.0. The first-order valence-electron chi connectivity index (χ1n) is 7.06. The van der Waals surface area contributed by atoms with Crippen molar-refractivity contribution in [2.45, 2.75) is 32.2 Å². The summed E-state index contributed by atoms with van der Waals surface area (Å²) in [6, 6.07) is 4.40. The van der Waals surface area contributed by atoms with Crippen molar-refractivity contribution in [3.63, 3.8) is 0 Å². The van der Waals surface area contributed by atoms with E-state index >= 15 is 0 Å². The summed E-state index contributed by atoms with van der Waals surface area (Å²) in [4.78, 5) is 13.8. The molecule has 1 aliphatic heterocycles. The van der Waals surface area contributed by atoms with E-state index in [4.69, 9.17) is 0 Å².